The summed E-state index contributed by atoms with van der Waals surface area (Å²) >= 11 is 0. The van der Waals surface area contributed by atoms with E-state index in [0.29, 0.717) is 0 Å². The van der Waals surface area contributed by atoms with Crippen molar-refractivity contribution in [3.63, 3.8) is 0 Å². The minimum Gasteiger partial charge on any atom is -0.388 e. The number of hydrogen-bond acceptors (Lipinski definition) is 3. The number of rotatable bonds is 4. The summed E-state index contributed by atoms with van der Waals surface area (Å²) in [5, 5.41) is 9.69. The highest BCUT2D eigenvalue weighted by molar-refractivity contribution is 5.01. The largest absolute Gasteiger partial charge is 0.388 e. The zero-order valence-corrected chi connectivity index (χ0v) is 12.0. The Hall–Kier alpha value is -0.380. The van der Waals surface area contributed by atoms with Gasteiger partial charge in [-0.25, -0.2) is 0 Å². The number of ether oxygens (including phenoxy) is 2. The molecule has 0 saturated carbocycles. The van der Waals surface area contributed by atoms with E-state index in [9.17, 15) is 5.11 Å². The fourth-order valence-electron chi connectivity index (χ4n) is 1.71. The van der Waals surface area contributed by atoms with Crippen molar-refractivity contribution >= 4 is 0 Å². The predicted molar refractivity (Wildman–Crippen MR) is 71.2 cm³/mol. The minimum absolute atomic E-state index is 0.0551. The Balaban J connectivity index is 0.000000437. The first-order valence-electron chi connectivity index (χ1n) is 6.40. The quantitative estimate of drug-likeness (QED) is 0.773. The molecule has 2 atom stereocenters. The lowest BCUT2D eigenvalue weighted by atomic mass is 9.97. The summed E-state index contributed by atoms with van der Waals surface area (Å²) in [6.07, 6.45) is 3.62. The van der Waals surface area contributed by atoms with E-state index >= 15 is 0 Å². The van der Waals surface area contributed by atoms with Crippen LogP contribution in [-0.2, 0) is 9.47 Å². The van der Waals surface area contributed by atoms with Crippen LogP contribution in [0.3, 0.4) is 0 Å². The first-order valence-corrected chi connectivity index (χ1v) is 6.40. The molecule has 1 fully saturated rings. The Labute approximate surface area is 106 Å². The fourth-order valence-corrected chi connectivity index (χ4v) is 1.71. The second-order valence-electron chi connectivity index (χ2n) is 5.10. The van der Waals surface area contributed by atoms with Gasteiger partial charge in [-0.05, 0) is 47.5 Å². The van der Waals surface area contributed by atoms with Gasteiger partial charge in [-0.15, -0.1) is 6.58 Å². The molecule has 1 N–H and O–H groups in total. The summed E-state index contributed by atoms with van der Waals surface area (Å²) in [5.41, 5.74) is -0.967. The highest BCUT2D eigenvalue weighted by Crippen LogP contribution is 2.35. The molecule has 3 nitrogen and oxygen atoms in total. The van der Waals surface area contributed by atoms with E-state index in [-0.39, 0.29) is 11.7 Å². The molecule has 0 aromatic rings. The zero-order chi connectivity index (χ0) is 13.5. The summed E-state index contributed by atoms with van der Waals surface area (Å²) in [5.74, 6) is 0. The number of hydrogen-bond donors (Lipinski definition) is 1. The van der Waals surface area contributed by atoms with Crippen LogP contribution in [0, 0.1) is 0 Å². The molecule has 1 saturated heterocycles. The van der Waals surface area contributed by atoms with E-state index in [1.807, 2.05) is 26.8 Å². The second kappa shape index (κ2) is 7.14. The Morgan fingerprint density at radius 1 is 1.47 bits per heavy atom. The third kappa shape index (κ3) is 6.20. The van der Waals surface area contributed by atoms with Crippen molar-refractivity contribution in [3.05, 3.63) is 12.7 Å². The van der Waals surface area contributed by atoms with Crippen molar-refractivity contribution in [1.29, 1.82) is 0 Å². The molecule has 1 aliphatic rings. The van der Waals surface area contributed by atoms with Gasteiger partial charge in [0.15, 0.2) is 0 Å². The van der Waals surface area contributed by atoms with Crippen LogP contribution in [-0.4, -0.2) is 35.6 Å². The van der Waals surface area contributed by atoms with Gasteiger partial charge in [0.2, 0.25) is 0 Å². The normalized spacial score (nSPS) is 28.5. The highest BCUT2D eigenvalue weighted by atomic mass is 16.5. The fraction of sp³-hybridized carbons (Fsp3) is 0.857. The van der Waals surface area contributed by atoms with E-state index < -0.39 is 5.60 Å². The van der Waals surface area contributed by atoms with E-state index in [1.54, 1.807) is 13.8 Å². The first-order chi connectivity index (χ1) is 7.79. The summed E-state index contributed by atoms with van der Waals surface area (Å²) in [4.78, 5) is 0. The lowest BCUT2D eigenvalue weighted by Gasteiger charge is -2.28. The summed E-state index contributed by atoms with van der Waals surface area (Å²) in [7, 11) is 0. The summed E-state index contributed by atoms with van der Waals surface area (Å²) < 4.78 is 10.5. The summed E-state index contributed by atoms with van der Waals surface area (Å²) in [6, 6.07) is 0. The molecule has 0 spiro atoms. The van der Waals surface area contributed by atoms with Gasteiger partial charge in [0.25, 0.3) is 0 Å². The monoisotopic (exact) mass is 244 g/mol. The Bertz CT molecular complexity index is 218. The molecule has 0 amide bonds. The zero-order valence-electron chi connectivity index (χ0n) is 12.0. The van der Waals surface area contributed by atoms with Gasteiger partial charge in [0.1, 0.15) is 0 Å². The average Bonchev–Trinajstić information content (AvgIpc) is 2.64. The van der Waals surface area contributed by atoms with Crippen molar-refractivity contribution in [1.82, 2.24) is 0 Å². The smallest absolute Gasteiger partial charge is 0.0869 e. The predicted octanol–water partition coefficient (Wildman–Crippen LogP) is 2.92. The number of aliphatic hydroxyl groups is 1. The molecule has 1 aliphatic heterocycles. The SMILES string of the molecule is C=C[C@]1(C)CC[C@H](C(C)(C)O)O1.CCOCC. The third-order valence-corrected chi connectivity index (χ3v) is 2.94. The Morgan fingerprint density at radius 2 is 2.00 bits per heavy atom. The average molecular weight is 244 g/mol. The molecule has 17 heavy (non-hydrogen) atoms. The molecule has 0 unspecified atom stereocenters. The van der Waals surface area contributed by atoms with Crippen LogP contribution in [0.15, 0.2) is 12.7 Å². The molecule has 3 heteroatoms. The lowest BCUT2D eigenvalue weighted by Crippen LogP contribution is -2.37. The first kappa shape index (κ1) is 16.6. The molecule has 0 aromatic heterocycles. The molecule has 1 heterocycles. The van der Waals surface area contributed by atoms with Crippen LogP contribution in [0.2, 0.25) is 0 Å². The van der Waals surface area contributed by atoms with Gasteiger partial charge in [0.05, 0.1) is 17.3 Å². The van der Waals surface area contributed by atoms with Gasteiger partial charge >= 0.3 is 0 Å². The standard InChI is InChI=1S/C10H18O2.C4H10O/c1-5-10(4)7-6-8(12-10)9(2,3)11;1-3-5-4-2/h5,8,11H,1,6-7H2,2-4H3;3-4H2,1-2H3/t8-,10-;/m1./s1. The van der Waals surface area contributed by atoms with Crippen molar-refractivity contribution in [2.75, 3.05) is 13.2 Å². The van der Waals surface area contributed by atoms with Gasteiger partial charge in [-0.1, -0.05) is 6.08 Å². The van der Waals surface area contributed by atoms with Crippen molar-refractivity contribution in [2.24, 2.45) is 0 Å². The molecule has 102 valence electrons. The van der Waals surface area contributed by atoms with Gasteiger partial charge in [-0.2, -0.15) is 0 Å². The molecular weight excluding hydrogens is 216 g/mol. The molecule has 0 radical (unpaired) electrons. The van der Waals surface area contributed by atoms with Crippen LogP contribution >= 0.6 is 0 Å². The van der Waals surface area contributed by atoms with Gasteiger partial charge < -0.3 is 14.6 Å². The van der Waals surface area contributed by atoms with Crippen molar-refractivity contribution in [2.45, 2.75) is 64.8 Å². The maximum Gasteiger partial charge on any atom is 0.0869 e. The third-order valence-electron chi connectivity index (χ3n) is 2.94. The van der Waals surface area contributed by atoms with Crippen LogP contribution in [0.1, 0.15) is 47.5 Å². The van der Waals surface area contributed by atoms with Crippen LogP contribution in [0.5, 0.6) is 0 Å². The van der Waals surface area contributed by atoms with Crippen LogP contribution in [0.25, 0.3) is 0 Å². The van der Waals surface area contributed by atoms with Gasteiger partial charge in [0, 0.05) is 13.2 Å². The molecule has 0 aliphatic carbocycles. The van der Waals surface area contributed by atoms with E-state index in [1.165, 1.54) is 0 Å². The Morgan fingerprint density at radius 3 is 2.18 bits per heavy atom. The molecule has 0 aromatic carbocycles. The van der Waals surface area contributed by atoms with Crippen LogP contribution < -0.4 is 0 Å². The van der Waals surface area contributed by atoms with Gasteiger partial charge in [-0.3, -0.25) is 0 Å². The summed E-state index contributed by atoms with van der Waals surface area (Å²) in [6.45, 7) is 15.0. The van der Waals surface area contributed by atoms with E-state index in [2.05, 4.69) is 6.58 Å². The Kier molecular flexibility index (Phi) is 6.98. The topological polar surface area (TPSA) is 38.7 Å². The second-order valence-corrected chi connectivity index (χ2v) is 5.10. The van der Waals surface area contributed by atoms with Crippen LogP contribution in [0.4, 0.5) is 0 Å². The lowest BCUT2D eigenvalue weighted by molar-refractivity contribution is -0.0997. The maximum atomic E-state index is 9.69. The van der Waals surface area contributed by atoms with Crippen molar-refractivity contribution < 1.29 is 14.6 Å². The molecular formula is C14H28O3. The molecule has 1 rings (SSSR count). The van der Waals surface area contributed by atoms with E-state index in [4.69, 9.17) is 9.47 Å². The minimum atomic E-state index is -0.735. The maximum absolute atomic E-state index is 9.69. The van der Waals surface area contributed by atoms with Crippen molar-refractivity contribution in [3.8, 4) is 0 Å². The molecule has 0 bridgehead atoms. The van der Waals surface area contributed by atoms with E-state index in [0.717, 1.165) is 26.1 Å². The highest BCUT2D eigenvalue weighted by Gasteiger charge is 2.40.